The van der Waals surface area contributed by atoms with Crippen LogP contribution in [-0.4, -0.2) is 25.4 Å². The zero-order valence-corrected chi connectivity index (χ0v) is 10.8. The Bertz CT molecular complexity index is 568. The van der Waals surface area contributed by atoms with Gasteiger partial charge in [0.2, 0.25) is 5.71 Å². The molecule has 0 saturated heterocycles. The number of hydrogen-bond donors (Lipinski definition) is 0. The summed E-state index contributed by atoms with van der Waals surface area (Å²) in [6.45, 7) is 2.10. The maximum atomic E-state index is 11.3. The molecule has 0 heterocycles. The monoisotopic (exact) mass is 255 g/mol. The summed E-state index contributed by atoms with van der Waals surface area (Å²) in [6.07, 6.45) is 0. The summed E-state index contributed by atoms with van der Waals surface area (Å²) in [4.78, 5) is 16.1. The smallest absolute Gasteiger partial charge is 0.369 e. The topological polar surface area (TPSA) is 47.9 Å². The molecule has 0 spiro atoms. The summed E-state index contributed by atoms with van der Waals surface area (Å²) in [7, 11) is 1.25. The van der Waals surface area contributed by atoms with Gasteiger partial charge >= 0.3 is 5.97 Å². The van der Waals surface area contributed by atoms with E-state index in [1.807, 2.05) is 30.3 Å². The average molecular weight is 255 g/mol. The number of nitrogens with zero attached hydrogens (tertiary/aromatic N) is 1. The fraction of sp³-hybridized carbons (Fsp3) is 0.200. The number of carbonyl (C=O) groups is 1. The van der Waals surface area contributed by atoms with E-state index in [9.17, 15) is 4.79 Å². The maximum Gasteiger partial charge on any atom is 0.369 e. The van der Waals surface area contributed by atoms with Gasteiger partial charge in [0.25, 0.3) is 0 Å². The summed E-state index contributed by atoms with van der Waals surface area (Å²) in [6, 6.07) is 9.40. The van der Waals surface area contributed by atoms with Crippen LogP contribution < -0.4 is 0 Å². The van der Waals surface area contributed by atoms with Crippen LogP contribution in [0.3, 0.4) is 0 Å². The molecule has 0 aromatic heterocycles. The predicted octanol–water partition coefficient (Wildman–Crippen LogP) is 1.61. The molecule has 0 saturated carbocycles. The van der Waals surface area contributed by atoms with Crippen molar-refractivity contribution < 1.29 is 14.4 Å². The Labute approximate surface area is 112 Å². The van der Waals surface area contributed by atoms with Gasteiger partial charge in [0.05, 0.1) is 7.11 Å². The molecule has 0 aliphatic carbocycles. The number of benzene rings is 1. The minimum atomic E-state index is -0.650. The quantitative estimate of drug-likeness (QED) is 0.357. The van der Waals surface area contributed by atoms with E-state index < -0.39 is 5.97 Å². The van der Waals surface area contributed by atoms with E-state index in [2.05, 4.69) is 33.6 Å². The van der Waals surface area contributed by atoms with Crippen molar-refractivity contribution in [3.05, 3.63) is 35.9 Å². The third-order valence-electron chi connectivity index (χ3n) is 1.89. The van der Waals surface area contributed by atoms with Gasteiger partial charge in [-0.15, -0.1) is 0 Å². The minimum Gasteiger partial charge on any atom is -0.464 e. The second-order valence-electron chi connectivity index (χ2n) is 3.22. The molecule has 4 nitrogen and oxygen atoms in total. The van der Waals surface area contributed by atoms with Crippen LogP contribution in [0, 0.1) is 23.7 Å². The van der Waals surface area contributed by atoms with E-state index in [1.165, 1.54) is 7.11 Å². The van der Waals surface area contributed by atoms with Crippen molar-refractivity contribution in [1.29, 1.82) is 0 Å². The first-order valence-electron chi connectivity index (χ1n) is 5.63. The molecule has 0 bridgehead atoms. The van der Waals surface area contributed by atoms with E-state index in [1.54, 1.807) is 6.92 Å². The van der Waals surface area contributed by atoms with Gasteiger partial charge < -0.3 is 9.57 Å². The molecule has 0 atom stereocenters. The first-order chi connectivity index (χ1) is 9.27. The molecule has 1 rings (SSSR count). The number of hydrogen-bond acceptors (Lipinski definition) is 4. The van der Waals surface area contributed by atoms with Crippen LogP contribution >= 0.6 is 0 Å². The van der Waals surface area contributed by atoms with Crippen LogP contribution in [0.4, 0.5) is 0 Å². The van der Waals surface area contributed by atoms with Gasteiger partial charge in [-0.2, -0.15) is 0 Å². The average Bonchev–Trinajstić information content (AvgIpc) is 2.47. The SMILES string of the molecule is CCO/N=C(/C#CC#Cc1ccccc1)C(=O)OC. The molecule has 1 aromatic rings. The van der Waals surface area contributed by atoms with Gasteiger partial charge in [0.1, 0.15) is 6.61 Å². The van der Waals surface area contributed by atoms with Gasteiger partial charge in [-0.1, -0.05) is 29.3 Å². The van der Waals surface area contributed by atoms with Crippen LogP contribution in [-0.2, 0) is 14.4 Å². The number of carbonyl (C=O) groups excluding carboxylic acids is 1. The minimum absolute atomic E-state index is 0.105. The van der Waals surface area contributed by atoms with Crippen LogP contribution in [0.2, 0.25) is 0 Å². The molecule has 96 valence electrons. The molecular weight excluding hydrogens is 242 g/mol. The lowest BCUT2D eigenvalue weighted by molar-refractivity contribution is -0.132. The number of methoxy groups -OCH3 is 1. The molecule has 0 amide bonds. The zero-order valence-electron chi connectivity index (χ0n) is 10.8. The van der Waals surface area contributed by atoms with E-state index in [-0.39, 0.29) is 5.71 Å². The van der Waals surface area contributed by atoms with Crippen LogP contribution in [0.5, 0.6) is 0 Å². The van der Waals surface area contributed by atoms with Crippen molar-refractivity contribution in [2.75, 3.05) is 13.7 Å². The molecule has 0 fully saturated rings. The molecule has 0 aliphatic rings. The first-order valence-corrected chi connectivity index (χ1v) is 5.63. The normalized spacial score (nSPS) is 9.47. The van der Waals surface area contributed by atoms with E-state index in [0.29, 0.717) is 6.61 Å². The van der Waals surface area contributed by atoms with Crippen LogP contribution in [0.1, 0.15) is 12.5 Å². The van der Waals surface area contributed by atoms with Gasteiger partial charge in [-0.3, -0.25) is 0 Å². The lowest BCUT2D eigenvalue weighted by Gasteiger charge is -1.95. The predicted molar refractivity (Wildman–Crippen MR) is 72.2 cm³/mol. The molecular formula is C15H13NO3. The highest BCUT2D eigenvalue weighted by molar-refractivity contribution is 6.43. The summed E-state index contributed by atoms with van der Waals surface area (Å²) in [5, 5.41) is 3.56. The number of esters is 1. The molecule has 0 radical (unpaired) electrons. The Morgan fingerprint density at radius 1 is 1.26 bits per heavy atom. The van der Waals surface area contributed by atoms with Crippen molar-refractivity contribution in [2.24, 2.45) is 5.16 Å². The van der Waals surface area contributed by atoms with Crippen molar-refractivity contribution >= 4 is 11.7 Å². The van der Waals surface area contributed by atoms with Crippen molar-refractivity contribution in [2.45, 2.75) is 6.92 Å². The molecule has 1 aromatic carbocycles. The third kappa shape index (κ3) is 5.43. The standard InChI is InChI=1S/C15H13NO3/c1-3-19-16-14(15(17)18-2)12-8-7-11-13-9-5-4-6-10-13/h4-6,9-10H,3H2,1-2H3/b16-14-. The van der Waals surface area contributed by atoms with Gasteiger partial charge in [-0.05, 0) is 36.8 Å². The van der Waals surface area contributed by atoms with Crippen molar-refractivity contribution in [3.63, 3.8) is 0 Å². The molecule has 4 heteroatoms. The lowest BCUT2D eigenvalue weighted by Crippen LogP contribution is -2.14. The fourth-order valence-corrected chi connectivity index (χ4v) is 1.05. The van der Waals surface area contributed by atoms with E-state index in [0.717, 1.165) is 5.56 Å². The Kier molecular flexibility index (Phi) is 6.33. The fourth-order valence-electron chi connectivity index (χ4n) is 1.05. The van der Waals surface area contributed by atoms with E-state index >= 15 is 0 Å². The lowest BCUT2D eigenvalue weighted by atomic mass is 10.2. The Morgan fingerprint density at radius 2 is 2.00 bits per heavy atom. The van der Waals surface area contributed by atoms with E-state index in [4.69, 9.17) is 4.84 Å². The Balaban J connectivity index is 2.79. The summed E-state index contributed by atoms with van der Waals surface area (Å²) >= 11 is 0. The second kappa shape index (κ2) is 8.38. The van der Waals surface area contributed by atoms with Gasteiger partial charge in [-0.25, -0.2) is 4.79 Å². The van der Waals surface area contributed by atoms with Crippen LogP contribution in [0.25, 0.3) is 0 Å². The number of oxime groups is 1. The molecule has 0 N–H and O–H groups in total. The summed E-state index contributed by atoms with van der Waals surface area (Å²) < 4.78 is 4.52. The highest BCUT2D eigenvalue weighted by atomic mass is 16.6. The zero-order chi connectivity index (χ0) is 13.9. The highest BCUT2D eigenvalue weighted by Crippen LogP contribution is 1.94. The third-order valence-corrected chi connectivity index (χ3v) is 1.89. The first kappa shape index (κ1) is 14.3. The van der Waals surface area contributed by atoms with Crippen molar-refractivity contribution in [1.82, 2.24) is 0 Å². The Morgan fingerprint density at radius 3 is 2.63 bits per heavy atom. The maximum absolute atomic E-state index is 11.3. The second-order valence-corrected chi connectivity index (χ2v) is 3.22. The highest BCUT2D eigenvalue weighted by Gasteiger charge is 2.08. The molecule has 19 heavy (non-hydrogen) atoms. The summed E-state index contributed by atoms with van der Waals surface area (Å²) in [5.41, 5.74) is 0.741. The molecule has 0 aliphatic heterocycles. The largest absolute Gasteiger partial charge is 0.464 e. The summed E-state index contributed by atoms with van der Waals surface area (Å²) in [5.74, 6) is 9.86. The Hall–Kier alpha value is -2.72. The number of rotatable bonds is 3. The molecule has 0 unspecified atom stereocenters. The number of ether oxygens (including phenoxy) is 1. The van der Waals surface area contributed by atoms with Gasteiger partial charge in [0, 0.05) is 5.56 Å². The van der Waals surface area contributed by atoms with Crippen LogP contribution in [0.15, 0.2) is 35.5 Å². The van der Waals surface area contributed by atoms with Crippen molar-refractivity contribution in [3.8, 4) is 23.7 Å². The van der Waals surface area contributed by atoms with Gasteiger partial charge in [0.15, 0.2) is 0 Å².